The third-order valence-electron chi connectivity index (χ3n) is 2.79. The molecular formula is C11H10BrF3N4O. The molecule has 9 heteroatoms. The number of aromatic nitrogens is 3. The highest BCUT2D eigenvalue weighted by atomic mass is 79.9. The van der Waals surface area contributed by atoms with Crippen molar-refractivity contribution in [2.45, 2.75) is 12.3 Å². The molecule has 0 saturated heterocycles. The molecule has 0 amide bonds. The summed E-state index contributed by atoms with van der Waals surface area (Å²) in [5.41, 5.74) is 4.99. The van der Waals surface area contributed by atoms with Crippen molar-refractivity contribution in [2.75, 3.05) is 5.73 Å². The van der Waals surface area contributed by atoms with Crippen molar-refractivity contribution in [3.8, 4) is 0 Å². The molecular weight excluding hydrogens is 341 g/mol. The molecule has 1 aromatic carbocycles. The molecule has 0 aliphatic rings. The lowest BCUT2D eigenvalue weighted by atomic mass is 10.0. The second-order valence-electron chi connectivity index (χ2n) is 4.13. The van der Waals surface area contributed by atoms with Gasteiger partial charge in [0, 0.05) is 18.3 Å². The van der Waals surface area contributed by atoms with Crippen LogP contribution in [0.3, 0.4) is 0 Å². The Morgan fingerprint density at radius 2 is 2.05 bits per heavy atom. The number of aryl methyl sites for hydroxylation is 1. The van der Waals surface area contributed by atoms with Gasteiger partial charge in [-0.1, -0.05) is 5.21 Å². The number of aliphatic hydroxyl groups excluding tert-OH is 1. The molecule has 0 fully saturated rings. The van der Waals surface area contributed by atoms with Gasteiger partial charge in [0.1, 0.15) is 11.8 Å². The Morgan fingerprint density at radius 3 is 2.55 bits per heavy atom. The quantitative estimate of drug-likeness (QED) is 0.814. The summed E-state index contributed by atoms with van der Waals surface area (Å²) in [5.74, 6) is 0. The second kappa shape index (κ2) is 5.06. The zero-order valence-electron chi connectivity index (χ0n) is 10.2. The number of nitrogen functional groups attached to an aromatic ring is 1. The second-order valence-corrected chi connectivity index (χ2v) is 4.88. The Labute approximate surface area is 120 Å². The van der Waals surface area contributed by atoms with Gasteiger partial charge >= 0.3 is 6.18 Å². The van der Waals surface area contributed by atoms with Crippen LogP contribution < -0.4 is 5.73 Å². The Balaban J connectivity index is 2.52. The molecule has 20 heavy (non-hydrogen) atoms. The van der Waals surface area contributed by atoms with Crippen LogP contribution in [-0.4, -0.2) is 20.1 Å². The number of benzene rings is 1. The van der Waals surface area contributed by atoms with E-state index in [0.29, 0.717) is 0 Å². The molecule has 2 aromatic rings. The smallest absolute Gasteiger partial charge is 0.398 e. The van der Waals surface area contributed by atoms with E-state index in [0.717, 1.165) is 18.2 Å². The van der Waals surface area contributed by atoms with Gasteiger partial charge in [-0.2, -0.15) is 13.2 Å². The van der Waals surface area contributed by atoms with E-state index in [1.54, 1.807) is 0 Å². The third kappa shape index (κ3) is 2.63. The summed E-state index contributed by atoms with van der Waals surface area (Å²) < 4.78 is 39.6. The van der Waals surface area contributed by atoms with Crippen LogP contribution in [-0.2, 0) is 13.2 Å². The molecule has 108 valence electrons. The van der Waals surface area contributed by atoms with Crippen LogP contribution in [0.2, 0.25) is 0 Å². The predicted molar refractivity (Wildman–Crippen MR) is 68.6 cm³/mol. The fourth-order valence-corrected chi connectivity index (χ4v) is 2.31. The molecule has 1 aromatic heterocycles. The molecule has 2 rings (SSSR count). The minimum absolute atomic E-state index is 0.0501. The minimum atomic E-state index is -4.51. The number of aliphatic hydroxyl groups is 1. The first-order valence-corrected chi connectivity index (χ1v) is 6.21. The van der Waals surface area contributed by atoms with Crippen molar-refractivity contribution < 1.29 is 18.3 Å². The standard InChI is InChI=1S/C11H10BrF3N4O/c1-19-8(10(12)17-18-19)9(20)6-4-5(11(13,14)15)2-3-7(6)16/h2-4,9,20H,16H2,1H3. The summed E-state index contributed by atoms with van der Waals surface area (Å²) in [6.07, 6.45) is -5.88. The monoisotopic (exact) mass is 350 g/mol. The summed E-state index contributed by atoms with van der Waals surface area (Å²) in [6.45, 7) is 0. The van der Waals surface area contributed by atoms with Gasteiger partial charge in [-0.3, -0.25) is 0 Å². The summed E-state index contributed by atoms with van der Waals surface area (Å²) in [5, 5.41) is 17.6. The molecule has 0 saturated carbocycles. The number of hydrogen-bond donors (Lipinski definition) is 2. The van der Waals surface area contributed by atoms with Crippen molar-refractivity contribution >= 4 is 21.6 Å². The van der Waals surface area contributed by atoms with Gasteiger partial charge in [0.05, 0.1) is 5.56 Å². The van der Waals surface area contributed by atoms with Crippen molar-refractivity contribution in [1.82, 2.24) is 15.0 Å². The SMILES string of the molecule is Cn1nnc(Br)c1C(O)c1cc(C(F)(F)F)ccc1N. The van der Waals surface area contributed by atoms with E-state index in [2.05, 4.69) is 26.2 Å². The van der Waals surface area contributed by atoms with Crippen LogP contribution in [0.1, 0.15) is 22.9 Å². The molecule has 0 aliphatic heterocycles. The number of nitrogens with zero attached hydrogens (tertiary/aromatic N) is 3. The summed E-state index contributed by atoms with van der Waals surface area (Å²) in [7, 11) is 1.51. The highest BCUT2D eigenvalue weighted by Crippen LogP contribution is 2.35. The highest BCUT2D eigenvalue weighted by molar-refractivity contribution is 9.10. The highest BCUT2D eigenvalue weighted by Gasteiger charge is 2.32. The summed E-state index contributed by atoms with van der Waals surface area (Å²) in [6, 6.07) is 2.79. The normalized spacial score (nSPS) is 13.5. The zero-order valence-corrected chi connectivity index (χ0v) is 11.8. The molecule has 0 aliphatic carbocycles. The van der Waals surface area contributed by atoms with Crippen LogP contribution in [0.25, 0.3) is 0 Å². The van der Waals surface area contributed by atoms with Crippen LogP contribution in [0.5, 0.6) is 0 Å². The molecule has 3 N–H and O–H groups in total. The van der Waals surface area contributed by atoms with Gasteiger partial charge in [0.25, 0.3) is 0 Å². The largest absolute Gasteiger partial charge is 0.416 e. The Kier molecular flexibility index (Phi) is 3.74. The van der Waals surface area contributed by atoms with E-state index in [1.807, 2.05) is 0 Å². The van der Waals surface area contributed by atoms with E-state index in [1.165, 1.54) is 11.7 Å². The number of anilines is 1. The summed E-state index contributed by atoms with van der Waals surface area (Å²) >= 11 is 3.08. The Hall–Kier alpha value is -1.61. The Bertz CT molecular complexity index is 622. The van der Waals surface area contributed by atoms with E-state index in [-0.39, 0.29) is 21.5 Å². The van der Waals surface area contributed by atoms with E-state index < -0.39 is 17.8 Å². The van der Waals surface area contributed by atoms with Gasteiger partial charge < -0.3 is 10.8 Å². The number of hydrogen-bond acceptors (Lipinski definition) is 4. The van der Waals surface area contributed by atoms with Crippen LogP contribution in [0.4, 0.5) is 18.9 Å². The van der Waals surface area contributed by atoms with E-state index in [4.69, 9.17) is 5.73 Å². The van der Waals surface area contributed by atoms with Crippen molar-refractivity contribution in [3.05, 3.63) is 39.6 Å². The lowest BCUT2D eigenvalue weighted by Crippen LogP contribution is -2.12. The van der Waals surface area contributed by atoms with Crippen molar-refractivity contribution in [1.29, 1.82) is 0 Å². The number of nitrogens with two attached hydrogens (primary N) is 1. The third-order valence-corrected chi connectivity index (χ3v) is 3.36. The molecule has 0 spiro atoms. The van der Waals surface area contributed by atoms with Crippen LogP contribution in [0.15, 0.2) is 22.8 Å². The maximum atomic E-state index is 12.7. The molecule has 1 heterocycles. The molecule has 1 atom stereocenters. The topological polar surface area (TPSA) is 77.0 Å². The first kappa shape index (κ1) is 14.8. The minimum Gasteiger partial charge on any atom is -0.398 e. The number of alkyl halides is 3. The van der Waals surface area contributed by atoms with Gasteiger partial charge in [-0.15, -0.1) is 5.10 Å². The van der Waals surface area contributed by atoms with Crippen molar-refractivity contribution in [3.63, 3.8) is 0 Å². The molecule has 0 bridgehead atoms. The first-order valence-electron chi connectivity index (χ1n) is 5.41. The number of halogens is 4. The van der Waals surface area contributed by atoms with Crippen LogP contribution >= 0.6 is 15.9 Å². The fourth-order valence-electron chi connectivity index (χ4n) is 1.76. The lowest BCUT2D eigenvalue weighted by Gasteiger charge is -2.16. The molecule has 5 nitrogen and oxygen atoms in total. The van der Waals surface area contributed by atoms with Gasteiger partial charge in [0.15, 0.2) is 4.60 Å². The average Bonchev–Trinajstić information content (AvgIpc) is 2.67. The average molecular weight is 351 g/mol. The first-order chi connectivity index (χ1) is 9.21. The van der Waals surface area contributed by atoms with E-state index in [9.17, 15) is 18.3 Å². The Morgan fingerprint density at radius 1 is 1.40 bits per heavy atom. The maximum Gasteiger partial charge on any atom is 0.416 e. The number of rotatable bonds is 2. The van der Waals surface area contributed by atoms with Gasteiger partial charge in [0.2, 0.25) is 0 Å². The zero-order chi connectivity index (χ0) is 15.1. The van der Waals surface area contributed by atoms with Crippen molar-refractivity contribution in [2.24, 2.45) is 7.05 Å². The molecule has 0 radical (unpaired) electrons. The molecule has 1 unspecified atom stereocenters. The maximum absolute atomic E-state index is 12.7. The summed E-state index contributed by atoms with van der Waals surface area (Å²) in [4.78, 5) is 0. The van der Waals surface area contributed by atoms with Crippen LogP contribution in [0, 0.1) is 0 Å². The predicted octanol–water partition coefficient (Wildman–Crippen LogP) is 2.26. The van der Waals surface area contributed by atoms with Gasteiger partial charge in [-0.05, 0) is 34.1 Å². The van der Waals surface area contributed by atoms with Gasteiger partial charge in [-0.25, -0.2) is 4.68 Å². The lowest BCUT2D eigenvalue weighted by molar-refractivity contribution is -0.137. The van der Waals surface area contributed by atoms with E-state index >= 15 is 0 Å². The fraction of sp³-hybridized carbons (Fsp3) is 0.273.